The summed E-state index contributed by atoms with van der Waals surface area (Å²) < 4.78 is 10.4. The zero-order valence-electron chi connectivity index (χ0n) is 12.9. The minimum Gasteiger partial charge on any atom is -0.479 e. The van der Waals surface area contributed by atoms with E-state index in [0.29, 0.717) is 12.2 Å². The largest absolute Gasteiger partial charge is 0.479 e. The summed E-state index contributed by atoms with van der Waals surface area (Å²) in [6, 6.07) is 0. The van der Waals surface area contributed by atoms with Gasteiger partial charge in [0.2, 0.25) is 5.78 Å². The molecule has 1 N–H and O–H groups in total. The number of aliphatic hydroxyl groups excluding tert-OH is 1. The van der Waals surface area contributed by atoms with Crippen LogP contribution in [-0.4, -0.2) is 35.7 Å². The summed E-state index contributed by atoms with van der Waals surface area (Å²) in [6.07, 6.45) is 7.08. The molecule has 0 amide bonds. The predicted octanol–water partition coefficient (Wildman–Crippen LogP) is 2.06. The van der Waals surface area contributed by atoms with Crippen molar-refractivity contribution in [3.05, 3.63) is 35.6 Å². The Morgan fingerprint density at radius 1 is 1.48 bits per heavy atom. The van der Waals surface area contributed by atoms with Crippen LogP contribution in [0.15, 0.2) is 35.6 Å². The molecule has 0 saturated carbocycles. The Morgan fingerprint density at radius 2 is 2.14 bits per heavy atom. The van der Waals surface area contributed by atoms with E-state index < -0.39 is 23.5 Å². The summed E-state index contributed by atoms with van der Waals surface area (Å²) in [4.78, 5) is 24.2. The van der Waals surface area contributed by atoms with Crippen LogP contribution in [0.1, 0.15) is 33.6 Å². The van der Waals surface area contributed by atoms with Crippen molar-refractivity contribution in [2.24, 2.45) is 0 Å². The number of aliphatic hydroxyl groups is 1. The third-order valence-electron chi connectivity index (χ3n) is 3.07. The lowest BCUT2D eigenvalue weighted by molar-refractivity contribution is -0.138. The van der Waals surface area contributed by atoms with Gasteiger partial charge in [0.15, 0.2) is 5.60 Å². The third-order valence-corrected chi connectivity index (χ3v) is 3.07. The van der Waals surface area contributed by atoms with Crippen molar-refractivity contribution in [3.63, 3.8) is 0 Å². The van der Waals surface area contributed by atoms with Crippen LogP contribution in [-0.2, 0) is 19.1 Å². The van der Waals surface area contributed by atoms with E-state index in [2.05, 4.69) is 4.74 Å². The van der Waals surface area contributed by atoms with Gasteiger partial charge in [-0.3, -0.25) is 4.79 Å². The van der Waals surface area contributed by atoms with E-state index >= 15 is 0 Å². The van der Waals surface area contributed by atoms with E-state index in [9.17, 15) is 9.59 Å². The molecule has 0 aromatic carbocycles. The fraction of sp³-hybridized carbons (Fsp3) is 0.500. The number of esters is 1. The second-order valence-corrected chi connectivity index (χ2v) is 5.06. The number of methoxy groups -OCH3 is 1. The van der Waals surface area contributed by atoms with Crippen molar-refractivity contribution in [2.45, 2.75) is 45.3 Å². The average molecular weight is 294 g/mol. The SMILES string of the molecule is CCCC1=C(C(=O)OC)C(=O)[C@@](C)(/C=C/C=C/[C@@H](C)O)O1. The molecule has 0 fully saturated rings. The number of carbonyl (C=O) groups is 2. The fourth-order valence-electron chi connectivity index (χ4n) is 2.01. The fourth-order valence-corrected chi connectivity index (χ4v) is 2.01. The van der Waals surface area contributed by atoms with Crippen LogP contribution in [0, 0.1) is 0 Å². The van der Waals surface area contributed by atoms with E-state index in [0.717, 1.165) is 6.42 Å². The van der Waals surface area contributed by atoms with E-state index in [4.69, 9.17) is 9.84 Å². The molecule has 1 heterocycles. The maximum absolute atomic E-state index is 12.4. The molecule has 1 aliphatic rings. The van der Waals surface area contributed by atoms with E-state index in [1.807, 2.05) is 6.92 Å². The molecular formula is C16H22O5. The number of ketones is 1. The summed E-state index contributed by atoms with van der Waals surface area (Å²) in [5, 5.41) is 9.13. The van der Waals surface area contributed by atoms with Crippen LogP contribution in [0.25, 0.3) is 0 Å². The van der Waals surface area contributed by atoms with Crippen LogP contribution >= 0.6 is 0 Å². The van der Waals surface area contributed by atoms with Gasteiger partial charge in [-0.2, -0.15) is 0 Å². The maximum atomic E-state index is 12.4. The first-order valence-corrected chi connectivity index (χ1v) is 6.95. The molecule has 1 rings (SSSR count). The Hall–Kier alpha value is -1.88. The van der Waals surface area contributed by atoms with Crippen molar-refractivity contribution in [3.8, 4) is 0 Å². The number of carbonyl (C=O) groups excluding carboxylic acids is 2. The number of hydrogen-bond donors (Lipinski definition) is 1. The zero-order chi connectivity index (χ0) is 16.0. The second kappa shape index (κ2) is 7.22. The molecule has 2 atom stereocenters. The maximum Gasteiger partial charge on any atom is 0.345 e. The summed E-state index contributed by atoms with van der Waals surface area (Å²) in [6.45, 7) is 5.17. The van der Waals surface area contributed by atoms with Gasteiger partial charge < -0.3 is 14.6 Å². The molecule has 0 saturated heterocycles. The number of hydrogen-bond acceptors (Lipinski definition) is 5. The third kappa shape index (κ3) is 4.04. The molecule has 0 unspecified atom stereocenters. The Labute approximate surface area is 124 Å². The second-order valence-electron chi connectivity index (χ2n) is 5.06. The molecule has 5 nitrogen and oxygen atoms in total. The standard InChI is InChI=1S/C16H22O5/c1-5-8-12-13(15(19)20-4)14(18)16(3,21-12)10-7-6-9-11(2)17/h6-7,9-11,17H,5,8H2,1-4H3/b9-6+,10-7+/t11-,16-/m1/s1. The first-order valence-electron chi connectivity index (χ1n) is 6.95. The van der Waals surface area contributed by atoms with Crippen LogP contribution in [0.3, 0.4) is 0 Å². The lowest BCUT2D eigenvalue weighted by Crippen LogP contribution is -2.32. The first kappa shape index (κ1) is 17.2. The van der Waals surface area contributed by atoms with Gasteiger partial charge in [-0.15, -0.1) is 0 Å². The predicted molar refractivity (Wildman–Crippen MR) is 78.4 cm³/mol. The minimum absolute atomic E-state index is 0.00833. The highest BCUT2D eigenvalue weighted by atomic mass is 16.5. The molecule has 0 aromatic heterocycles. The Bertz CT molecular complexity index is 499. The number of rotatable bonds is 6. The molecule has 5 heteroatoms. The van der Waals surface area contributed by atoms with Crippen molar-refractivity contribution in [2.75, 3.05) is 7.11 Å². The van der Waals surface area contributed by atoms with Crippen molar-refractivity contribution in [1.29, 1.82) is 0 Å². The van der Waals surface area contributed by atoms with E-state index in [1.54, 1.807) is 38.2 Å². The van der Waals surface area contributed by atoms with Gasteiger partial charge in [0.1, 0.15) is 11.3 Å². The van der Waals surface area contributed by atoms with Crippen LogP contribution in [0.5, 0.6) is 0 Å². The van der Waals surface area contributed by atoms with Crippen LogP contribution in [0.4, 0.5) is 0 Å². The lowest BCUT2D eigenvalue weighted by atomic mass is 9.96. The molecule has 0 aromatic rings. The first-order chi connectivity index (χ1) is 9.85. The minimum atomic E-state index is -1.21. The Balaban J connectivity index is 3.00. The number of ether oxygens (including phenoxy) is 2. The molecule has 0 bridgehead atoms. The average Bonchev–Trinajstić information content (AvgIpc) is 2.67. The van der Waals surface area contributed by atoms with Crippen molar-refractivity contribution < 1.29 is 24.2 Å². The van der Waals surface area contributed by atoms with Gasteiger partial charge in [0.25, 0.3) is 0 Å². The lowest BCUT2D eigenvalue weighted by Gasteiger charge is -2.19. The highest BCUT2D eigenvalue weighted by Gasteiger charge is 2.46. The highest BCUT2D eigenvalue weighted by Crippen LogP contribution is 2.34. The molecular weight excluding hydrogens is 272 g/mol. The van der Waals surface area contributed by atoms with Crippen molar-refractivity contribution >= 4 is 11.8 Å². The topological polar surface area (TPSA) is 72.8 Å². The Morgan fingerprint density at radius 3 is 2.67 bits per heavy atom. The van der Waals surface area contributed by atoms with Crippen LogP contribution < -0.4 is 0 Å². The highest BCUT2D eigenvalue weighted by molar-refractivity contribution is 6.22. The quantitative estimate of drug-likeness (QED) is 0.461. The van der Waals surface area contributed by atoms with Gasteiger partial charge in [-0.25, -0.2) is 4.79 Å². The van der Waals surface area contributed by atoms with Crippen molar-refractivity contribution in [1.82, 2.24) is 0 Å². The van der Waals surface area contributed by atoms with E-state index in [-0.39, 0.29) is 5.57 Å². The molecule has 21 heavy (non-hydrogen) atoms. The van der Waals surface area contributed by atoms with Gasteiger partial charge in [-0.1, -0.05) is 25.2 Å². The molecule has 0 radical (unpaired) electrons. The summed E-state index contributed by atoms with van der Waals surface area (Å²) >= 11 is 0. The van der Waals surface area contributed by atoms with Gasteiger partial charge in [0, 0.05) is 6.42 Å². The molecule has 0 aliphatic carbocycles. The molecule has 0 spiro atoms. The van der Waals surface area contributed by atoms with Gasteiger partial charge >= 0.3 is 5.97 Å². The smallest absolute Gasteiger partial charge is 0.345 e. The zero-order valence-corrected chi connectivity index (χ0v) is 12.9. The summed E-state index contributed by atoms with van der Waals surface area (Å²) in [7, 11) is 1.24. The number of Topliss-reactive ketones (excluding diaryl/α,β-unsaturated/α-hetero) is 1. The normalized spacial score (nSPS) is 24.0. The number of allylic oxidation sites excluding steroid dienone is 3. The summed E-state index contributed by atoms with van der Waals surface area (Å²) in [5.74, 6) is -0.694. The molecule has 116 valence electrons. The summed E-state index contributed by atoms with van der Waals surface area (Å²) in [5.41, 5.74) is -1.22. The van der Waals surface area contributed by atoms with E-state index in [1.165, 1.54) is 7.11 Å². The molecule has 1 aliphatic heterocycles. The monoisotopic (exact) mass is 294 g/mol. The van der Waals surface area contributed by atoms with Crippen LogP contribution in [0.2, 0.25) is 0 Å². The Kier molecular flexibility index (Phi) is 5.90. The van der Waals surface area contributed by atoms with Gasteiger partial charge in [-0.05, 0) is 26.3 Å². The van der Waals surface area contributed by atoms with Gasteiger partial charge in [0.05, 0.1) is 13.2 Å².